The van der Waals surface area contributed by atoms with Crippen LogP contribution in [0.25, 0.3) is 10.9 Å². The average Bonchev–Trinajstić information content (AvgIpc) is 3.05. The number of hydrogen-bond acceptors (Lipinski definition) is 4. The summed E-state index contributed by atoms with van der Waals surface area (Å²) >= 11 is 0. The maximum atomic E-state index is 13.1. The number of nitrogens with zero attached hydrogens (tertiary/aromatic N) is 1. The normalized spacial score (nSPS) is 18.0. The summed E-state index contributed by atoms with van der Waals surface area (Å²) in [5.41, 5.74) is 0.343. The van der Waals surface area contributed by atoms with Crippen molar-refractivity contribution in [3.8, 4) is 0 Å². The van der Waals surface area contributed by atoms with Gasteiger partial charge in [0.05, 0.1) is 6.61 Å². The molecular weight excluding hydrogens is 320 g/mol. The summed E-state index contributed by atoms with van der Waals surface area (Å²) in [5.74, 6) is -0.548. The molecule has 134 valence electrons. The fraction of sp³-hybridized carbons (Fsp3) is 0.526. The summed E-state index contributed by atoms with van der Waals surface area (Å²) in [6.07, 6.45) is 6.48. The monoisotopic (exact) mass is 344 g/mol. The van der Waals surface area contributed by atoms with E-state index < -0.39 is 17.9 Å². The second kappa shape index (κ2) is 7.25. The van der Waals surface area contributed by atoms with Crippen molar-refractivity contribution in [1.82, 2.24) is 4.98 Å². The van der Waals surface area contributed by atoms with Gasteiger partial charge in [-0.3, -0.25) is 14.9 Å². The van der Waals surface area contributed by atoms with E-state index in [4.69, 9.17) is 4.74 Å². The van der Waals surface area contributed by atoms with E-state index in [-0.39, 0.29) is 17.4 Å². The van der Waals surface area contributed by atoms with Crippen LogP contribution < -0.4 is 0 Å². The molecule has 1 aromatic heterocycles. The van der Waals surface area contributed by atoms with Crippen LogP contribution in [0.1, 0.15) is 44.6 Å². The molecule has 1 aliphatic rings. The Kier molecular flexibility index (Phi) is 5.06. The van der Waals surface area contributed by atoms with Gasteiger partial charge >= 0.3 is 5.97 Å². The van der Waals surface area contributed by atoms with Crippen molar-refractivity contribution in [3.05, 3.63) is 46.1 Å². The summed E-state index contributed by atoms with van der Waals surface area (Å²) in [5, 5.41) is 12.4. The number of hydrogen-bond donors (Lipinski definition) is 1. The molecule has 6 heteroatoms. The number of carbonyl (C=O) groups is 1. The van der Waals surface area contributed by atoms with E-state index >= 15 is 0 Å². The van der Waals surface area contributed by atoms with Gasteiger partial charge in [-0.25, -0.2) is 0 Å². The number of aromatic nitrogens is 1. The van der Waals surface area contributed by atoms with Crippen molar-refractivity contribution in [1.29, 1.82) is 0 Å². The number of ether oxygens (including phenoxy) is 1. The Morgan fingerprint density at radius 1 is 1.32 bits per heavy atom. The molecule has 0 amide bonds. The summed E-state index contributed by atoms with van der Waals surface area (Å²) in [6.45, 7) is 1.52. The number of nitrogens with one attached hydrogen (secondary N) is 1. The maximum Gasteiger partial charge on any atom is 0.323 e. The third-order valence-electron chi connectivity index (χ3n) is 5.39. The molecule has 1 atom stereocenters. The number of aromatic amines is 1. The molecule has 0 unspecified atom stereocenters. The number of rotatable bonds is 6. The average molecular weight is 344 g/mol. The van der Waals surface area contributed by atoms with Crippen molar-refractivity contribution in [2.24, 2.45) is 5.92 Å². The molecule has 1 N–H and O–H groups in total. The molecule has 25 heavy (non-hydrogen) atoms. The van der Waals surface area contributed by atoms with Gasteiger partial charge in [-0.05, 0) is 31.7 Å². The highest BCUT2D eigenvalue weighted by atomic mass is 16.6. The summed E-state index contributed by atoms with van der Waals surface area (Å²) in [7, 11) is 0. The smallest absolute Gasteiger partial charge is 0.323 e. The minimum Gasteiger partial charge on any atom is -0.465 e. The molecule has 0 spiro atoms. The van der Waals surface area contributed by atoms with Gasteiger partial charge in [-0.15, -0.1) is 0 Å². The van der Waals surface area contributed by atoms with Crippen LogP contribution >= 0.6 is 0 Å². The zero-order valence-corrected chi connectivity index (χ0v) is 14.5. The second-order valence-electron chi connectivity index (χ2n) is 6.77. The molecule has 6 nitrogen and oxygen atoms in total. The third-order valence-corrected chi connectivity index (χ3v) is 5.39. The van der Waals surface area contributed by atoms with E-state index in [1.807, 2.05) is 24.3 Å². The number of carbonyl (C=O) groups excluding carboxylic acids is 1. The lowest BCUT2D eigenvalue weighted by molar-refractivity contribution is -0.491. The van der Waals surface area contributed by atoms with Gasteiger partial charge in [0, 0.05) is 27.6 Å². The molecule has 0 radical (unpaired) electrons. The van der Waals surface area contributed by atoms with Crippen LogP contribution in [0.15, 0.2) is 30.5 Å². The van der Waals surface area contributed by atoms with E-state index in [9.17, 15) is 14.9 Å². The molecule has 1 saturated carbocycles. The van der Waals surface area contributed by atoms with E-state index in [2.05, 4.69) is 4.98 Å². The molecule has 1 fully saturated rings. The molecule has 3 rings (SSSR count). The van der Waals surface area contributed by atoms with E-state index in [1.165, 1.54) is 0 Å². The second-order valence-corrected chi connectivity index (χ2v) is 6.77. The minimum absolute atomic E-state index is 0.0788. The maximum absolute atomic E-state index is 13.1. The highest BCUT2D eigenvalue weighted by Gasteiger charge is 2.54. The Morgan fingerprint density at radius 2 is 2.04 bits per heavy atom. The van der Waals surface area contributed by atoms with Gasteiger partial charge in [0.15, 0.2) is 5.41 Å². The molecule has 0 bridgehead atoms. The Morgan fingerprint density at radius 3 is 2.72 bits per heavy atom. The van der Waals surface area contributed by atoms with E-state index in [0.29, 0.717) is 5.56 Å². The first kappa shape index (κ1) is 17.5. The lowest BCUT2D eigenvalue weighted by Gasteiger charge is -2.37. The van der Waals surface area contributed by atoms with Gasteiger partial charge in [0.25, 0.3) is 0 Å². The zero-order chi connectivity index (χ0) is 17.9. The summed E-state index contributed by atoms with van der Waals surface area (Å²) < 4.78 is 5.38. The number of fused-ring (bicyclic) bond motifs is 1. The van der Waals surface area contributed by atoms with Crippen LogP contribution in [0.3, 0.4) is 0 Å². The summed E-state index contributed by atoms with van der Waals surface area (Å²) in [4.78, 5) is 27.5. The number of para-hydroxylation sites is 1. The quantitative estimate of drug-likeness (QED) is 0.490. The van der Waals surface area contributed by atoms with Gasteiger partial charge in [0.1, 0.15) is 0 Å². The van der Waals surface area contributed by atoms with Crippen LogP contribution in [0.5, 0.6) is 0 Å². The van der Waals surface area contributed by atoms with E-state index in [0.717, 1.165) is 43.0 Å². The molecule has 1 heterocycles. The fourth-order valence-electron chi connectivity index (χ4n) is 4.27. The predicted molar refractivity (Wildman–Crippen MR) is 95.0 cm³/mol. The molecule has 1 aliphatic carbocycles. The fourth-order valence-corrected chi connectivity index (χ4v) is 4.27. The lowest BCUT2D eigenvalue weighted by Crippen LogP contribution is -2.50. The third kappa shape index (κ3) is 3.13. The Hall–Kier alpha value is -2.37. The molecular formula is C19H24N2O4. The SMILES string of the molecule is CCOC(=O)[C@](C[N+](=O)[O-])(c1c[nH]c2ccccc12)C1CCCCC1. The van der Waals surface area contributed by atoms with Crippen LogP contribution in [0.4, 0.5) is 0 Å². The van der Waals surface area contributed by atoms with Gasteiger partial charge in [-0.2, -0.15) is 0 Å². The zero-order valence-electron chi connectivity index (χ0n) is 14.5. The van der Waals surface area contributed by atoms with Crippen molar-refractivity contribution >= 4 is 16.9 Å². The Bertz CT molecular complexity index is 764. The minimum atomic E-state index is -1.24. The van der Waals surface area contributed by atoms with Crippen LogP contribution in [0, 0.1) is 16.0 Å². The molecule has 0 aliphatic heterocycles. The largest absolute Gasteiger partial charge is 0.465 e. The lowest BCUT2D eigenvalue weighted by atomic mass is 9.64. The molecule has 0 saturated heterocycles. The first-order valence-electron chi connectivity index (χ1n) is 8.95. The van der Waals surface area contributed by atoms with Crippen LogP contribution in [0.2, 0.25) is 0 Å². The van der Waals surface area contributed by atoms with Crippen molar-refractivity contribution in [3.63, 3.8) is 0 Å². The standard InChI is InChI=1S/C19H24N2O4/c1-2-25-18(22)19(13-21(23)24,14-8-4-3-5-9-14)16-12-20-17-11-7-6-10-15(16)17/h6-7,10-12,14,20H,2-5,8-9,13H2,1H3/t19-/m0/s1. The Labute approximate surface area is 146 Å². The number of nitro groups is 1. The highest BCUT2D eigenvalue weighted by Crippen LogP contribution is 2.45. The topological polar surface area (TPSA) is 85.2 Å². The van der Waals surface area contributed by atoms with Crippen LogP contribution in [-0.2, 0) is 14.9 Å². The summed E-state index contributed by atoms with van der Waals surface area (Å²) in [6, 6.07) is 7.63. The first-order chi connectivity index (χ1) is 12.1. The van der Waals surface area contributed by atoms with E-state index in [1.54, 1.807) is 13.1 Å². The first-order valence-corrected chi connectivity index (χ1v) is 8.95. The van der Waals surface area contributed by atoms with Gasteiger partial charge in [0.2, 0.25) is 6.54 Å². The predicted octanol–water partition coefficient (Wildman–Crippen LogP) is 3.83. The van der Waals surface area contributed by atoms with Crippen molar-refractivity contribution in [2.75, 3.05) is 13.2 Å². The molecule has 2 aromatic rings. The molecule has 1 aromatic carbocycles. The van der Waals surface area contributed by atoms with Crippen molar-refractivity contribution < 1.29 is 14.5 Å². The number of benzene rings is 1. The van der Waals surface area contributed by atoms with Gasteiger partial charge < -0.3 is 9.72 Å². The Balaban J connectivity index is 2.20. The van der Waals surface area contributed by atoms with Gasteiger partial charge in [-0.1, -0.05) is 37.5 Å². The highest BCUT2D eigenvalue weighted by molar-refractivity contribution is 5.93. The van der Waals surface area contributed by atoms with Crippen LogP contribution in [-0.4, -0.2) is 29.0 Å². The van der Waals surface area contributed by atoms with Crippen molar-refractivity contribution in [2.45, 2.75) is 44.4 Å². The number of H-pyrrole nitrogens is 1. The number of esters is 1.